The van der Waals surface area contributed by atoms with Gasteiger partial charge in [0.15, 0.2) is 0 Å². The molecule has 0 radical (unpaired) electrons. The smallest absolute Gasteiger partial charge is 0.410 e. The van der Waals surface area contributed by atoms with Gasteiger partial charge in [0.25, 0.3) is 0 Å². The minimum atomic E-state index is -0.377. The Morgan fingerprint density at radius 3 is 2.61 bits per heavy atom. The molecule has 1 heterocycles. The van der Waals surface area contributed by atoms with Gasteiger partial charge in [-0.3, -0.25) is 0 Å². The van der Waals surface area contributed by atoms with Crippen molar-refractivity contribution < 1.29 is 9.53 Å². The van der Waals surface area contributed by atoms with Crippen LogP contribution in [0.25, 0.3) is 0 Å². The number of rotatable bonds is 4. The van der Waals surface area contributed by atoms with Crippen LogP contribution in [-0.2, 0) is 0 Å². The monoisotopic (exact) mass is 248 g/mol. The SMILES string of the molecule is O=C(NCCN1CCCCC1)Oc1ccccc1. The summed E-state index contributed by atoms with van der Waals surface area (Å²) in [7, 11) is 0. The molecule has 0 bridgehead atoms. The van der Waals surface area contributed by atoms with Crippen molar-refractivity contribution in [1.29, 1.82) is 0 Å². The Balaban J connectivity index is 1.62. The van der Waals surface area contributed by atoms with Crippen molar-refractivity contribution in [3.8, 4) is 5.75 Å². The van der Waals surface area contributed by atoms with Crippen LogP contribution in [0.5, 0.6) is 5.75 Å². The summed E-state index contributed by atoms with van der Waals surface area (Å²) in [6.45, 7) is 3.85. The quantitative estimate of drug-likeness (QED) is 0.888. The second-order valence-corrected chi connectivity index (χ2v) is 4.53. The van der Waals surface area contributed by atoms with E-state index in [-0.39, 0.29) is 6.09 Å². The second kappa shape index (κ2) is 7.01. The average Bonchev–Trinajstić information content (AvgIpc) is 2.41. The van der Waals surface area contributed by atoms with Crippen LogP contribution in [0.3, 0.4) is 0 Å². The van der Waals surface area contributed by atoms with E-state index in [0.717, 1.165) is 19.6 Å². The molecule has 1 aliphatic heterocycles. The topological polar surface area (TPSA) is 41.6 Å². The summed E-state index contributed by atoms with van der Waals surface area (Å²) >= 11 is 0. The standard InChI is InChI=1S/C14H20N2O2/c17-14(18-13-7-3-1-4-8-13)15-9-12-16-10-5-2-6-11-16/h1,3-4,7-8H,2,5-6,9-12H2,(H,15,17). The highest BCUT2D eigenvalue weighted by Gasteiger charge is 2.10. The van der Waals surface area contributed by atoms with E-state index in [4.69, 9.17) is 4.74 Å². The van der Waals surface area contributed by atoms with Crippen molar-refractivity contribution in [2.75, 3.05) is 26.2 Å². The summed E-state index contributed by atoms with van der Waals surface area (Å²) in [5.74, 6) is 0.577. The maximum Gasteiger partial charge on any atom is 0.412 e. The predicted octanol–water partition coefficient (Wildman–Crippen LogP) is 2.26. The van der Waals surface area contributed by atoms with Crippen LogP contribution in [-0.4, -0.2) is 37.2 Å². The van der Waals surface area contributed by atoms with E-state index in [9.17, 15) is 4.79 Å². The molecule has 1 aromatic carbocycles. The van der Waals surface area contributed by atoms with Gasteiger partial charge in [0.05, 0.1) is 0 Å². The summed E-state index contributed by atoms with van der Waals surface area (Å²) in [6, 6.07) is 9.11. The number of nitrogens with zero attached hydrogens (tertiary/aromatic N) is 1. The van der Waals surface area contributed by atoms with E-state index in [1.165, 1.54) is 19.3 Å². The molecule has 98 valence electrons. The van der Waals surface area contributed by atoms with E-state index >= 15 is 0 Å². The number of nitrogens with one attached hydrogen (secondary N) is 1. The zero-order valence-corrected chi connectivity index (χ0v) is 10.6. The van der Waals surface area contributed by atoms with Crippen LogP contribution < -0.4 is 10.1 Å². The van der Waals surface area contributed by atoms with Crippen LogP contribution in [0.4, 0.5) is 4.79 Å². The molecule has 0 spiro atoms. The molecule has 1 amide bonds. The van der Waals surface area contributed by atoms with Crippen LogP contribution in [0.2, 0.25) is 0 Å². The first kappa shape index (κ1) is 12.9. The Morgan fingerprint density at radius 2 is 1.89 bits per heavy atom. The minimum absolute atomic E-state index is 0.377. The van der Waals surface area contributed by atoms with E-state index in [0.29, 0.717) is 12.3 Å². The lowest BCUT2D eigenvalue weighted by atomic mass is 10.1. The number of carbonyl (C=O) groups excluding carboxylic acids is 1. The van der Waals surface area contributed by atoms with Crippen molar-refractivity contribution in [3.63, 3.8) is 0 Å². The van der Waals surface area contributed by atoms with Crippen LogP contribution in [0, 0.1) is 0 Å². The van der Waals surface area contributed by atoms with Crippen molar-refractivity contribution in [2.24, 2.45) is 0 Å². The van der Waals surface area contributed by atoms with Gasteiger partial charge in [-0.2, -0.15) is 0 Å². The van der Waals surface area contributed by atoms with Gasteiger partial charge in [-0.15, -0.1) is 0 Å². The number of piperidine rings is 1. The minimum Gasteiger partial charge on any atom is -0.410 e. The molecule has 4 nitrogen and oxygen atoms in total. The summed E-state index contributed by atoms with van der Waals surface area (Å²) < 4.78 is 5.14. The fourth-order valence-corrected chi connectivity index (χ4v) is 2.13. The zero-order valence-electron chi connectivity index (χ0n) is 10.6. The van der Waals surface area contributed by atoms with Gasteiger partial charge in [0.2, 0.25) is 0 Å². The fourth-order valence-electron chi connectivity index (χ4n) is 2.13. The number of ether oxygens (including phenoxy) is 1. The molecule has 0 aliphatic carbocycles. The number of carbonyl (C=O) groups is 1. The number of para-hydroxylation sites is 1. The van der Waals surface area contributed by atoms with E-state index in [1.54, 1.807) is 12.1 Å². The van der Waals surface area contributed by atoms with Gasteiger partial charge in [-0.05, 0) is 38.1 Å². The Kier molecular flexibility index (Phi) is 5.02. The third kappa shape index (κ3) is 4.37. The number of likely N-dealkylation sites (tertiary alicyclic amines) is 1. The lowest BCUT2D eigenvalue weighted by Gasteiger charge is -2.26. The van der Waals surface area contributed by atoms with Crippen LogP contribution in [0.15, 0.2) is 30.3 Å². The molecular weight excluding hydrogens is 228 g/mol. The largest absolute Gasteiger partial charge is 0.412 e. The Labute approximate surface area is 108 Å². The van der Waals surface area contributed by atoms with Crippen molar-refractivity contribution in [3.05, 3.63) is 30.3 Å². The summed E-state index contributed by atoms with van der Waals surface area (Å²) in [6.07, 6.45) is 3.50. The summed E-state index contributed by atoms with van der Waals surface area (Å²) in [5.41, 5.74) is 0. The van der Waals surface area contributed by atoms with Gasteiger partial charge >= 0.3 is 6.09 Å². The second-order valence-electron chi connectivity index (χ2n) is 4.53. The molecular formula is C14H20N2O2. The van der Waals surface area contributed by atoms with E-state index in [1.807, 2.05) is 18.2 Å². The molecule has 0 aromatic heterocycles. The van der Waals surface area contributed by atoms with Gasteiger partial charge < -0.3 is 15.0 Å². The van der Waals surface area contributed by atoms with E-state index < -0.39 is 0 Å². The van der Waals surface area contributed by atoms with Crippen molar-refractivity contribution in [2.45, 2.75) is 19.3 Å². The first-order chi connectivity index (χ1) is 8.84. The molecule has 1 fully saturated rings. The lowest BCUT2D eigenvalue weighted by molar-refractivity contribution is 0.193. The lowest BCUT2D eigenvalue weighted by Crippen LogP contribution is -2.38. The van der Waals surface area contributed by atoms with E-state index in [2.05, 4.69) is 10.2 Å². The molecule has 0 atom stereocenters. The third-order valence-corrected chi connectivity index (χ3v) is 3.10. The fraction of sp³-hybridized carbons (Fsp3) is 0.500. The first-order valence-corrected chi connectivity index (χ1v) is 6.58. The van der Waals surface area contributed by atoms with Crippen LogP contribution in [0.1, 0.15) is 19.3 Å². The number of hydrogen-bond donors (Lipinski definition) is 1. The molecule has 4 heteroatoms. The number of amides is 1. The predicted molar refractivity (Wildman–Crippen MR) is 70.8 cm³/mol. The van der Waals surface area contributed by atoms with Gasteiger partial charge in [0, 0.05) is 13.1 Å². The zero-order chi connectivity index (χ0) is 12.6. The molecule has 0 saturated carbocycles. The Morgan fingerprint density at radius 1 is 1.17 bits per heavy atom. The molecule has 0 unspecified atom stereocenters. The average molecular weight is 248 g/mol. The molecule has 1 saturated heterocycles. The van der Waals surface area contributed by atoms with Crippen molar-refractivity contribution >= 4 is 6.09 Å². The van der Waals surface area contributed by atoms with Crippen LogP contribution >= 0.6 is 0 Å². The highest BCUT2D eigenvalue weighted by molar-refractivity contribution is 5.70. The van der Waals surface area contributed by atoms with Crippen molar-refractivity contribution in [1.82, 2.24) is 10.2 Å². The highest BCUT2D eigenvalue weighted by Crippen LogP contribution is 2.08. The first-order valence-electron chi connectivity index (χ1n) is 6.58. The van der Waals surface area contributed by atoms with Gasteiger partial charge in [0.1, 0.15) is 5.75 Å². The van der Waals surface area contributed by atoms with Gasteiger partial charge in [-0.1, -0.05) is 24.6 Å². The number of benzene rings is 1. The molecule has 1 aromatic rings. The maximum absolute atomic E-state index is 11.5. The number of hydrogen-bond acceptors (Lipinski definition) is 3. The maximum atomic E-state index is 11.5. The molecule has 2 rings (SSSR count). The molecule has 18 heavy (non-hydrogen) atoms. The Bertz CT molecular complexity index is 361. The molecule has 1 aliphatic rings. The summed E-state index contributed by atoms with van der Waals surface area (Å²) in [5, 5.41) is 2.78. The Hall–Kier alpha value is -1.55. The third-order valence-electron chi connectivity index (χ3n) is 3.10. The summed E-state index contributed by atoms with van der Waals surface area (Å²) in [4.78, 5) is 13.9. The van der Waals surface area contributed by atoms with Gasteiger partial charge in [-0.25, -0.2) is 4.79 Å². The molecule has 1 N–H and O–H groups in total. The highest BCUT2D eigenvalue weighted by atomic mass is 16.6. The normalized spacial score (nSPS) is 16.2.